The minimum atomic E-state index is -0.261. The third-order valence-corrected chi connectivity index (χ3v) is 7.37. The molecule has 1 saturated heterocycles. The molecular weight excluding hydrogens is 550 g/mol. The molecule has 1 aliphatic rings. The van der Waals surface area contributed by atoms with Crippen LogP contribution in [0.5, 0.6) is 11.5 Å². The van der Waals surface area contributed by atoms with Gasteiger partial charge in [-0.3, -0.25) is 4.79 Å². The molecule has 3 aromatic rings. The lowest BCUT2D eigenvalue weighted by Crippen LogP contribution is -2.19. The first-order valence-electron chi connectivity index (χ1n) is 10.2. The van der Waals surface area contributed by atoms with Crippen LogP contribution >= 0.6 is 58.2 Å². The predicted molar refractivity (Wildman–Crippen MR) is 146 cm³/mol. The molecule has 0 aromatic heterocycles. The van der Waals surface area contributed by atoms with E-state index in [-0.39, 0.29) is 12.5 Å². The summed E-state index contributed by atoms with van der Waals surface area (Å²) < 4.78 is 11.4. The number of amidine groups is 1. The molecule has 0 radical (unpaired) electrons. The van der Waals surface area contributed by atoms with Gasteiger partial charge in [0.1, 0.15) is 6.61 Å². The quantitative estimate of drug-likeness (QED) is 0.306. The maximum atomic E-state index is 12.5. The second-order valence-corrected chi connectivity index (χ2v) is 10.1. The van der Waals surface area contributed by atoms with Crippen LogP contribution in [0.1, 0.15) is 16.7 Å². The van der Waals surface area contributed by atoms with Crippen LogP contribution in [-0.2, 0) is 11.4 Å². The number of rotatable bonds is 6. The molecule has 1 heterocycles. The van der Waals surface area contributed by atoms with Gasteiger partial charge in [-0.05, 0) is 77.9 Å². The normalized spacial score (nSPS) is 15.5. The highest BCUT2D eigenvalue weighted by Crippen LogP contribution is 2.39. The molecule has 10 heteroatoms. The number of hydrogen-bond donors (Lipinski definition) is 1. The highest BCUT2D eigenvalue weighted by atomic mass is 35.5. The zero-order chi connectivity index (χ0) is 25.1. The van der Waals surface area contributed by atoms with Crippen LogP contribution in [0.15, 0.2) is 58.4 Å². The van der Waals surface area contributed by atoms with Gasteiger partial charge in [-0.25, -0.2) is 4.99 Å². The van der Waals surface area contributed by atoms with Crippen LogP contribution in [0.2, 0.25) is 20.1 Å². The van der Waals surface area contributed by atoms with E-state index in [9.17, 15) is 4.79 Å². The van der Waals surface area contributed by atoms with Gasteiger partial charge in [0.25, 0.3) is 5.91 Å². The Morgan fingerprint density at radius 2 is 1.80 bits per heavy atom. The van der Waals surface area contributed by atoms with Crippen molar-refractivity contribution in [1.29, 1.82) is 0 Å². The van der Waals surface area contributed by atoms with E-state index in [1.165, 1.54) is 18.9 Å². The number of carbonyl (C=O) groups is 1. The van der Waals surface area contributed by atoms with Gasteiger partial charge in [0, 0.05) is 5.02 Å². The summed E-state index contributed by atoms with van der Waals surface area (Å²) in [5.74, 6) is 0.546. The highest BCUT2D eigenvalue weighted by Gasteiger charge is 2.24. The van der Waals surface area contributed by atoms with Gasteiger partial charge < -0.3 is 14.8 Å². The summed E-state index contributed by atoms with van der Waals surface area (Å²) in [4.78, 5) is 17.5. The molecule has 0 saturated carbocycles. The first-order chi connectivity index (χ1) is 16.7. The van der Waals surface area contributed by atoms with E-state index in [4.69, 9.17) is 55.9 Å². The summed E-state index contributed by atoms with van der Waals surface area (Å²) in [6.45, 7) is 2.09. The second-order valence-electron chi connectivity index (χ2n) is 7.44. The van der Waals surface area contributed by atoms with Crippen LogP contribution in [0, 0.1) is 6.92 Å². The number of benzene rings is 3. The fourth-order valence-corrected chi connectivity index (χ4v) is 4.81. The van der Waals surface area contributed by atoms with Crippen LogP contribution in [0.25, 0.3) is 6.08 Å². The minimum absolute atomic E-state index is 0.217. The van der Waals surface area contributed by atoms with Gasteiger partial charge in [-0.15, -0.1) is 0 Å². The van der Waals surface area contributed by atoms with Gasteiger partial charge in [0.05, 0.1) is 32.8 Å². The zero-order valence-electron chi connectivity index (χ0n) is 18.5. The molecule has 4 rings (SSSR count). The van der Waals surface area contributed by atoms with E-state index in [1.54, 1.807) is 36.4 Å². The van der Waals surface area contributed by atoms with Crippen LogP contribution in [0.3, 0.4) is 0 Å². The molecule has 35 heavy (non-hydrogen) atoms. The van der Waals surface area contributed by atoms with Gasteiger partial charge in [-0.1, -0.05) is 58.5 Å². The van der Waals surface area contributed by atoms with Crippen LogP contribution in [0.4, 0.5) is 5.69 Å². The molecule has 0 aliphatic carbocycles. The minimum Gasteiger partial charge on any atom is -0.493 e. The molecule has 1 aliphatic heterocycles. The fourth-order valence-electron chi connectivity index (χ4n) is 3.21. The number of aliphatic imine (C=N–C) groups is 1. The number of thioether (sulfide) groups is 1. The van der Waals surface area contributed by atoms with Gasteiger partial charge in [0.2, 0.25) is 0 Å². The smallest absolute Gasteiger partial charge is 0.264 e. The molecule has 3 aromatic carbocycles. The molecule has 5 nitrogen and oxygen atoms in total. The largest absolute Gasteiger partial charge is 0.493 e. The Hall–Kier alpha value is -2.35. The molecule has 1 fully saturated rings. The molecule has 180 valence electrons. The van der Waals surface area contributed by atoms with Crippen molar-refractivity contribution in [2.24, 2.45) is 4.99 Å². The van der Waals surface area contributed by atoms with Crippen LogP contribution < -0.4 is 14.8 Å². The Balaban J connectivity index is 1.55. The predicted octanol–water partition coefficient (Wildman–Crippen LogP) is 8.09. The Morgan fingerprint density at radius 3 is 2.54 bits per heavy atom. The number of ether oxygens (including phenoxy) is 2. The Morgan fingerprint density at radius 1 is 1.00 bits per heavy atom. The number of amides is 1. The van der Waals surface area contributed by atoms with Crippen molar-refractivity contribution in [1.82, 2.24) is 5.32 Å². The third kappa shape index (κ3) is 6.08. The summed E-state index contributed by atoms with van der Waals surface area (Å²) in [5.41, 5.74) is 3.02. The third-order valence-electron chi connectivity index (χ3n) is 5.03. The summed E-state index contributed by atoms with van der Waals surface area (Å²) >= 11 is 25.9. The lowest BCUT2D eigenvalue weighted by molar-refractivity contribution is -0.115. The van der Waals surface area contributed by atoms with Gasteiger partial charge >= 0.3 is 0 Å². The number of carbonyl (C=O) groups excluding carboxylic acids is 1. The fraction of sp³-hybridized carbons (Fsp3) is 0.120. The van der Waals surface area contributed by atoms with E-state index < -0.39 is 0 Å². The summed E-state index contributed by atoms with van der Waals surface area (Å²) in [7, 11) is 1.52. The number of nitrogens with zero attached hydrogens (tertiary/aromatic N) is 1. The lowest BCUT2D eigenvalue weighted by atomic mass is 10.1. The van der Waals surface area contributed by atoms with E-state index >= 15 is 0 Å². The standard InChI is InChI=1S/C25H18Cl4N2O3S/c1-13-16(26)4-3-5-20(13)30-25-31-24(32)22(35-25)11-15-9-19(29)23(21(10-15)33-2)34-12-14-6-7-17(27)18(28)8-14/h3-11H,12H2,1-2H3,(H,30,31,32)/b22-11+. The zero-order valence-corrected chi connectivity index (χ0v) is 22.3. The first kappa shape index (κ1) is 25.7. The van der Waals surface area contributed by atoms with Crippen molar-refractivity contribution in [2.75, 3.05) is 7.11 Å². The maximum absolute atomic E-state index is 12.5. The van der Waals surface area contributed by atoms with Crippen molar-refractivity contribution >= 4 is 81.0 Å². The second kappa shape index (κ2) is 11.1. The van der Waals surface area contributed by atoms with E-state index in [0.717, 1.165) is 11.1 Å². The molecule has 0 unspecified atom stereocenters. The molecule has 0 spiro atoms. The molecule has 1 amide bonds. The molecule has 1 N–H and O–H groups in total. The SMILES string of the molecule is COc1cc(/C=C2/SC(=Nc3cccc(Cl)c3C)NC2=O)cc(Cl)c1OCc1ccc(Cl)c(Cl)c1. The number of nitrogens with one attached hydrogen (secondary N) is 1. The Labute approximate surface area is 227 Å². The summed E-state index contributed by atoms with van der Waals surface area (Å²) in [6, 6.07) is 14.1. The average Bonchev–Trinajstić information content (AvgIpc) is 3.16. The number of halogens is 4. The topological polar surface area (TPSA) is 59.9 Å². The van der Waals surface area contributed by atoms with Crippen molar-refractivity contribution in [2.45, 2.75) is 13.5 Å². The average molecular weight is 568 g/mol. The van der Waals surface area contributed by atoms with Gasteiger partial charge in [0.15, 0.2) is 16.7 Å². The van der Waals surface area contributed by atoms with Gasteiger partial charge in [-0.2, -0.15) is 0 Å². The summed E-state index contributed by atoms with van der Waals surface area (Å²) in [5, 5.41) is 5.09. The van der Waals surface area contributed by atoms with E-state index in [2.05, 4.69) is 10.3 Å². The Bertz CT molecular complexity index is 1380. The molecule has 0 bridgehead atoms. The van der Waals surface area contributed by atoms with Crippen molar-refractivity contribution in [3.05, 3.63) is 90.2 Å². The maximum Gasteiger partial charge on any atom is 0.264 e. The van der Waals surface area contributed by atoms with E-state index in [1.807, 2.05) is 25.1 Å². The van der Waals surface area contributed by atoms with Crippen molar-refractivity contribution < 1.29 is 14.3 Å². The molecular formula is C25H18Cl4N2O3S. The number of hydrogen-bond acceptors (Lipinski definition) is 5. The monoisotopic (exact) mass is 566 g/mol. The van der Waals surface area contributed by atoms with E-state index in [0.29, 0.717) is 52.9 Å². The van der Waals surface area contributed by atoms with Crippen molar-refractivity contribution in [3.63, 3.8) is 0 Å². The first-order valence-corrected chi connectivity index (χ1v) is 12.6. The van der Waals surface area contributed by atoms with Crippen molar-refractivity contribution in [3.8, 4) is 11.5 Å². The highest BCUT2D eigenvalue weighted by molar-refractivity contribution is 8.18. The van der Waals surface area contributed by atoms with Crippen LogP contribution in [-0.4, -0.2) is 18.2 Å². The Kier molecular flexibility index (Phi) is 8.19. The molecule has 0 atom stereocenters. The number of methoxy groups -OCH3 is 1. The lowest BCUT2D eigenvalue weighted by Gasteiger charge is -2.14. The summed E-state index contributed by atoms with van der Waals surface area (Å²) in [6.07, 6.45) is 1.71.